The van der Waals surface area contributed by atoms with Crippen LogP contribution in [0.4, 0.5) is 0 Å². The molecule has 258 valence electrons. The van der Waals surface area contributed by atoms with Crippen molar-refractivity contribution >= 4 is 11.9 Å². The van der Waals surface area contributed by atoms with Crippen LogP contribution in [-0.4, -0.2) is 45.4 Å². The molecule has 0 saturated heterocycles. The van der Waals surface area contributed by atoms with Crippen molar-refractivity contribution in [3.63, 3.8) is 0 Å². The molecule has 0 aliphatic heterocycles. The number of benzene rings is 2. The van der Waals surface area contributed by atoms with Gasteiger partial charge in [0.25, 0.3) is 0 Å². The summed E-state index contributed by atoms with van der Waals surface area (Å²) in [4.78, 5) is 13.9. The van der Waals surface area contributed by atoms with Crippen LogP contribution in [0.3, 0.4) is 0 Å². The fourth-order valence-electron chi connectivity index (χ4n) is 4.41. The zero-order valence-electron chi connectivity index (χ0n) is 29.5. The molecule has 0 bridgehead atoms. The van der Waals surface area contributed by atoms with E-state index in [0.717, 1.165) is 82.6 Å². The SMILES string of the molecule is CCCCOc1ccc(/C=C/C(=O)c2ccc(OCCCC)c(OCCCC)c2OCCCC)c(OCCCC)c1OCCCC. The minimum absolute atomic E-state index is 0.191. The summed E-state index contributed by atoms with van der Waals surface area (Å²) in [6.45, 7) is 16.0. The maximum Gasteiger partial charge on any atom is 0.204 e. The third kappa shape index (κ3) is 13.2. The third-order valence-corrected chi connectivity index (χ3v) is 7.35. The molecule has 0 amide bonds. The molecule has 7 nitrogen and oxygen atoms in total. The van der Waals surface area contributed by atoms with E-state index in [9.17, 15) is 4.79 Å². The Labute approximate surface area is 278 Å². The van der Waals surface area contributed by atoms with Gasteiger partial charge in [-0.2, -0.15) is 0 Å². The van der Waals surface area contributed by atoms with Crippen molar-refractivity contribution in [2.24, 2.45) is 0 Å². The van der Waals surface area contributed by atoms with Gasteiger partial charge in [0.2, 0.25) is 11.5 Å². The molecule has 0 unspecified atom stereocenters. The average Bonchev–Trinajstić information content (AvgIpc) is 3.06. The number of hydrogen-bond donors (Lipinski definition) is 0. The Morgan fingerprint density at radius 3 is 1.30 bits per heavy atom. The largest absolute Gasteiger partial charge is 0.490 e. The minimum Gasteiger partial charge on any atom is -0.490 e. The average molecular weight is 641 g/mol. The zero-order chi connectivity index (χ0) is 33.4. The van der Waals surface area contributed by atoms with Crippen LogP contribution in [0.25, 0.3) is 6.08 Å². The van der Waals surface area contributed by atoms with Gasteiger partial charge in [0.05, 0.1) is 45.2 Å². The highest BCUT2D eigenvalue weighted by Crippen LogP contribution is 2.43. The van der Waals surface area contributed by atoms with Crippen LogP contribution >= 0.6 is 0 Å². The number of carbonyl (C=O) groups excluding carboxylic acids is 1. The van der Waals surface area contributed by atoms with Gasteiger partial charge in [-0.05, 0) is 74.9 Å². The second-order valence-electron chi connectivity index (χ2n) is 11.5. The van der Waals surface area contributed by atoms with E-state index in [0.29, 0.717) is 79.7 Å². The number of allylic oxidation sites excluding steroid dienone is 1. The molecule has 0 atom stereocenters. The predicted molar refractivity (Wildman–Crippen MR) is 189 cm³/mol. The van der Waals surface area contributed by atoms with E-state index >= 15 is 0 Å². The van der Waals surface area contributed by atoms with Gasteiger partial charge in [-0.1, -0.05) is 80.1 Å². The smallest absolute Gasteiger partial charge is 0.204 e. The van der Waals surface area contributed by atoms with Crippen LogP contribution in [-0.2, 0) is 0 Å². The van der Waals surface area contributed by atoms with Crippen LogP contribution in [0.1, 0.15) is 135 Å². The molecule has 2 aromatic carbocycles. The Morgan fingerprint density at radius 1 is 0.478 bits per heavy atom. The number of ketones is 1. The molecule has 2 rings (SSSR count). The lowest BCUT2D eigenvalue weighted by Gasteiger charge is -2.19. The van der Waals surface area contributed by atoms with E-state index in [1.54, 1.807) is 18.2 Å². The van der Waals surface area contributed by atoms with Crippen molar-refractivity contribution in [3.8, 4) is 34.5 Å². The topological polar surface area (TPSA) is 72.5 Å². The molecular weight excluding hydrogens is 580 g/mol. The minimum atomic E-state index is -0.191. The maximum atomic E-state index is 13.9. The molecule has 0 radical (unpaired) electrons. The highest BCUT2D eigenvalue weighted by atomic mass is 16.5. The fraction of sp³-hybridized carbons (Fsp3) is 0.615. The van der Waals surface area contributed by atoms with Crippen molar-refractivity contribution < 1.29 is 33.2 Å². The van der Waals surface area contributed by atoms with Gasteiger partial charge in [0.15, 0.2) is 28.8 Å². The molecule has 46 heavy (non-hydrogen) atoms. The van der Waals surface area contributed by atoms with Crippen LogP contribution < -0.4 is 28.4 Å². The first-order valence-electron chi connectivity index (χ1n) is 17.9. The molecule has 0 spiro atoms. The standard InChI is InChI=1S/C39H60O7/c1-7-13-25-41-34-23-20-31(36(43-27-15-9-3)38(34)45-29-17-11-5)19-22-33(40)32-21-24-35(42-26-14-8-2)39(46-30-18-12-6)37(32)44-28-16-10-4/h19-24H,7-18,25-30H2,1-6H3/b22-19+. The summed E-state index contributed by atoms with van der Waals surface area (Å²) in [5.41, 5.74) is 1.19. The van der Waals surface area contributed by atoms with Gasteiger partial charge in [-0.3, -0.25) is 4.79 Å². The van der Waals surface area contributed by atoms with Crippen molar-refractivity contribution in [3.05, 3.63) is 41.5 Å². The number of rotatable bonds is 27. The van der Waals surface area contributed by atoms with E-state index in [2.05, 4.69) is 41.5 Å². The summed E-state index contributed by atoms with van der Waals surface area (Å²) in [5.74, 6) is 3.22. The molecular formula is C39H60O7. The van der Waals surface area contributed by atoms with E-state index in [4.69, 9.17) is 28.4 Å². The van der Waals surface area contributed by atoms with E-state index < -0.39 is 0 Å². The lowest BCUT2D eigenvalue weighted by molar-refractivity contribution is 0.104. The van der Waals surface area contributed by atoms with Gasteiger partial charge < -0.3 is 28.4 Å². The van der Waals surface area contributed by atoms with Crippen LogP contribution in [0, 0.1) is 0 Å². The van der Waals surface area contributed by atoms with Crippen LogP contribution in [0.15, 0.2) is 30.3 Å². The van der Waals surface area contributed by atoms with E-state index in [1.807, 2.05) is 18.2 Å². The highest BCUT2D eigenvalue weighted by molar-refractivity contribution is 6.09. The summed E-state index contributed by atoms with van der Waals surface area (Å²) in [6, 6.07) is 7.45. The first kappa shape index (κ1) is 38.8. The fourth-order valence-corrected chi connectivity index (χ4v) is 4.41. The number of hydrogen-bond acceptors (Lipinski definition) is 7. The summed E-state index contributed by atoms with van der Waals surface area (Å²) >= 11 is 0. The van der Waals surface area contributed by atoms with Crippen molar-refractivity contribution in [1.29, 1.82) is 0 Å². The summed E-state index contributed by atoms with van der Waals surface area (Å²) in [5, 5.41) is 0. The van der Waals surface area contributed by atoms with Crippen LogP contribution in [0.5, 0.6) is 34.5 Å². The van der Waals surface area contributed by atoms with Crippen molar-refractivity contribution in [2.45, 2.75) is 119 Å². The van der Waals surface area contributed by atoms with Gasteiger partial charge in [-0.15, -0.1) is 0 Å². The molecule has 0 aliphatic rings. The van der Waals surface area contributed by atoms with Crippen LogP contribution in [0.2, 0.25) is 0 Å². The Morgan fingerprint density at radius 2 is 0.848 bits per heavy atom. The summed E-state index contributed by atoms with van der Waals surface area (Å²) in [7, 11) is 0. The molecule has 0 heterocycles. The molecule has 0 N–H and O–H groups in total. The summed E-state index contributed by atoms with van der Waals surface area (Å²) < 4.78 is 37.3. The number of carbonyl (C=O) groups is 1. The molecule has 7 heteroatoms. The molecule has 0 saturated carbocycles. The van der Waals surface area contributed by atoms with Gasteiger partial charge >= 0.3 is 0 Å². The van der Waals surface area contributed by atoms with Gasteiger partial charge in [-0.25, -0.2) is 0 Å². The third-order valence-electron chi connectivity index (χ3n) is 7.35. The number of ether oxygens (including phenoxy) is 6. The molecule has 0 fully saturated rings. The second-order valence-corrected chi connectivity index (χ2v) is 11.5. The Kier molecular flexibility index (Phi) is 20.2. The monoisotopic (exact) mass is 640 g/mol. The van der Waals surface area contributed by atoms with E-state index in [-0.39, 0.29) is 5.78 Å². The molecule has 0 aliphatic carbocycles. The van der Waals surface area contributed by atoms with E-state index in [1.165, 1.54) is 0 Å². The lowest BCUT2D eigenvalue weighted by atomic mass is 10.1. The first-order chi connectivity index (χ1) is 22.6. The second kappa shape index (κ2) is 23.9. The quantitative estimate of drug-likeness (QED) is 0.0546. The number of unbranched alkanes of at least 4 members (excludes halogenated alkanes) is 6. The summed E-state index contributed by atoms with van der Waals surface area (Å²) in [6.07, 6.45) is 14.9. The highest BCUT2D eigenvalue weighted by Gasteiger charge is 2.22. The van der Waals surface area contributed by atoms with Crippen molar-refractivity contribution in [2.75, 3.05) is 39.6 Å². The van der Waals surface area contributed by atoms with Crippen molar-refractivity contribution in [1.82, 2.24) is 0 Å². The van der Waals surface area contributed by atoms with Gasteiger partial charge in [0.1, 0.15) is 0 Å². The predicted octanol–water partition coefficient (Wildman–Crippen LogP) is 10.7. The maximum absolute atomic E-state index is 13.9. The molecule has 0 aromatic heterocycles. The zero-order valence-corrected chi connectivity index (χ0v) is 29.5. The normalized spacial score (nSPS) is 11.1. The Hall–Kier alpha value is -3.35. The first-order valence-corrected chi connectivity index (χ1v) is 17.9. The lowest BCUT2D eigenvalue weighted by Crippen LogP contribution is -2.09. The Bertz CT molecular complexity index is 1160. The molecule has 2 aromatic rings. The Balaban J connectivity index is 2.55. The van der Waals surface area contributed by atoms with Gasteiger partial charge in [0, 0.05) is 5.56 Å².